The van der Waals surface area contributed by atoms with Crippen LogP contribution in [0.5, 0.6) is 11.5 Å². The van der Waals surface area contributed by atoms with Crippen LogP contribution in [-0.2, 0) is 4.79 Å². The van der Waals surface area contributed by atoms with Gasteiger partial charge in [-0.3, -0.25) is 19.4 Å². The Bertz CT molecular complexity index is 725. The summed E-state index contributed by atoms with van der Waals surface area (Å²) < 4.78 is 5.62. The van der Waals surface area contributed by atoms with Crippen molar-refractivity contribution in [3.05, 3.63) is 53.3 Å². The highest BCUT2D eigenvalue weighted by atomic mass is 16.5. The molecule has 0 spiro atoms. The summed E-state index contributed by atoms with van der Waals surface area (Å²) in [4.78, 5) is 36.8. The molecule has 1 aromatic heterocycles. The molecule has 2 rings (SSSR count). The van der Waals surface area contributed by atoms with E-state index in [1.807, 2.05) is 0 Å². The molecule has 6 nitrogen and oxygen atoms in total. The summed E-state index contributed by atoms with van der Waals surface area (Å²) in [6.07, 6.45) is 2.09. The molecule has 0 aliphatic rings. The van der Waals surface area contributed by atoms with Crippen molar-refractivity contribution in [3.63, 3.8) is 0 Å². The maximum Gasteiger partial charge on any atom is 0.291 e. The number of rotatable bonds is 5. The fraction of sp³-hybridized carbons (Fsp3) is 0.0667. The first kappa shape index (κ1) is 14.4. The molecule has 1 amide bonds. The van der Waals surface area contributed by atoms with Crippen molar-refractivity contribution < 1.29 is 19.1 Å². The van der Waals surface area contributed by atoms with Crippen molar-refractivity contribution in [2.24, 2.45) is 5.73 Å². The van der Waals surface area contributed by atoms with E-state index >= 15 is 0 Å². The predicted molar refractivity (Wildman–Crippen MR) is 74.4 cm³/mol. The number of Topliss-reactive ketones (excluding diaryl/α,β-unsaturated/α-hetero) is 1. The van der Waals surface area contributed by atoms with Crippen LogP contribution in [0.3, 0.4) is 0 Å². The van der Waals surface area contributed by atoms with Crippen molar-refractivity contribution in [1.82, 2.24) is 4.98 Å². The number of carbonyl (C=O) groups is 3. The van der Waals surface area contributed by atoms with Crippen molar-refractivity contribution in [3.8, 4) is 11.5 Å². The minimum atomic E-state index is -1.08. The Morgan fingerprint density at radius 2 is 2.00 bits per heavy atom. The first-order chi connectivity index (χ1) is 10.0. The van der Waals surface area contributed by atoms with E-state index in [2.05, 4.69) is 4.98 Å². The van der Waals surface area contributed by atoms with Crippen molar-refractivity contribution in [1.29, 1.82) is 0 Å². The van der Waals surface area contributed by atoms with Gasteiger partial charge in [0.2, 0.25) is 0 Å². The zero-order chi connectivity index (χ0) is 15.4. The van der Waals surface area contributed by atoms with Crippen LogP contribution >= 0.6 is 0 Å². The highest BCUT2D eigenvalue weighted by molar-refractivity contribution is 6.41. The summed E-state index contributed by atoms with van der Waals surface area (Å²) in [6, 6.07) is 7.82. The molecule has 21 heavy (non-hydrogen) atoms. The molecule has 1 heterocycles. The molecular formula is C15H12N2O4. The second-order valence-corrected chi connectivity index (χ2v) is 4.32. The third-order valence-electron chi connectivity index (χ3n) is 2.75. The smallest absolute Gasteiger partial charge is 0.291 e. The standard InChI is InChI=1S/C15H12N2O4/c1-9-6-10(8-18)2-3-13(9)21-11-4-5-17-12(7-11)14(19)15(16)20/h2-8H,1H3,(H2,16,20). The Kier molecular flexibility index (Phi) is 4.08. The van der Waals surface area contributed by atoms with Crippen LogP contribution in [0.4, 0.5) is 0 Å². The fourth-order valence-electron chi connectivity index (χ4n) is 1.71. The average molecular weight is 284 g/mol. The molecule has 2 N–H and O–H groups in total. The van der Waals surface area contributed by atoms with Crippen molar-refractivity contribution >= 4 is 18.0 Å². The maximum atomic E-state index is 11.5. The molecule has 0 fully saturated rings. The average Bonchev–Trinajstić information content (AvgIpc) is 2.48. The van der Waals surface area contributed by atoms with Crippen LogP contribution in [0.2, 0.25) is 0 Å². The number of benzene rings is 1. The van der Waals surface area contributed by atoms with Gasteiger partial charge in [-0.05, 0) is 36.8 Å². The topological polar surface area (TPSA) is 99.3 Å². The number of pyridine rings is 1. The van der Waals surface area contributed by atoms with Gasteiger partial charge in [-0.15, -0.1) is 0 Å². The number of primary amides is 1. The molecule has 0 atom stereocenters. The Hall–Kier alpha value is -3.02. The summed E-state index contributed by atoms with van der Waals surface area (Å²) in [5, 5.41) is 0. The fourth-order valence-corrected chi connectivity index (χ4v) is 1.71. The van der Waals surface area contributed by atoms with Crippen molar-refractivity contribution in [2.75, 3.05) is 0 Å². The Balaban J connectivity index is 2.28. The molecule has 0 aliphatic heterocycles. The Labute approximate surface area is 120 Å². The van der Waals surface area contributed by atoms with Crippen LogP contribution in [0.1, 0.15) is 26.4 Å². The van der Waals surface area contributed by atoms with Crippen LogP contribution in [0, 0.1) is 6.92 Å². The van der Waals surface area contributed by atoms with E-state index in [-0.39, 0.29) is 5.69 Å². The first-order valence-electron chi connectivity index (χ1n) is 6.05. The van der Waals surface area contributed by atoms with Gasteiger partial charge in [0.25, 0.3) is 11.7 Å². The van der Waals surface area contributed by atoms with E-state index < -0.39 is 11.7 Å². The number of carbonyl (C=O) groups excluding carboxylic acids is 3. The summed E-state index contributed by atoms with van der Waals surface area (Å²) in [6.45, 7) is 1.79. The molecular weight excluding hydrogens is 272 g/mol. The number of aryl methyl sites for hydroxylation is 1. The van der Waals surface area contributed by atoms with E-state index in [0.717, 1.165) is 11.8 Å². The number of ether oxygens (including phenoxy) is 1. The van der Waals surface area contributed by atoms with Crippen LogP contribution in [-0.4, -0.2) is 23.0 Å². The van der Waals surface area contributed by atoms with Gasteiger partial charge in [0.1, 0.15) is 23.5 Å². The van der Waals surface area contributed by atoms with Gasteiger partial charge in [0.15, 0.2) is 0 Å². The number of aldehydes is 1. The normalized spacial score (nSPS) is 9.95. The number of aromatic nitrogens is 1. The van der Waals surface area contributed by atoms with Crippen LogP contribution in [0.25, 0.3) is 0 Å². The highest BCUT2D eigenvalue weighted by Gasteiger charge is 2.14. The van der Waals surface area contributed by atoms with Gasteiger partial charge in [0, 0.05) is 17.8 Å². The van der Waals surface area contributed by atoms with E-state index in [9.17, 15) is 14.4 Å². The monoisotopic (exact) mass is 284 g/mol. The quantitative estimate of drug-likeness (QED) is 0.511. The minimum Gasteiger partial charge on any atom is -0.457 e. The molecule has 0 radical (unpaired) electrons. The largest absolute Gasteiger partial charge is 0.457 e. The molecule has 0 bridgehead atoms. The van der Waals surface area contributed by atoms with E-state index in [0.29, 0.717) is 17.1 Å². The summed E-state index contributed by atoms with van der Waals surface area (Å²) in [7, 11) is 0. The second kappa shape index (κ2) is 5.96. The zero-order valence-corrected chi connectivity index (χ0v) is 11.2. The maximum absolute atomic E-state index is 11.5. The summed E-state index contributed by atoms with van der Waals surface area (Å²) in [5.41, 5.74) is 6.15. The molecule has 6 heteroatoms. The molecule has 0 saturated carbocycles. The zero-order valence-electron chi connectivity index (χ0n) is 11.2. The van der Waals surface area contributed by atoms with Gasteiger partial charge in [-0.25, -0.2) is 0 Å². The lowest BCUT2D eigenvalue weighted by Gasteiger charge is -2.09. The van der Waals surface area contributed by atoms with Gasteiger partial charge in [-0.1, -0.05) is 0 Å². The molecule has 106 valence electrons. The van der Waals surface area contributed by atoms with Crippen LogP contribution in [0.15, 0.2) is 36.5 Å². The lowest BCUT2D eigenvalue weighted by molar-refractivity contribution is -0.114. The van der Waals surface area contributed by atoms with Gasteiger partial charge in [-0.2, -0.15) is 0 Å². The molecule has 0 saturated heterocycles. The SMILES string of the molecule is Cc1cc(C=O)ccc1Oc1ccnc(C(=O)C(N)=O)c1. The highest BCUT2D eigenvalue weighted by Crippen LogP contribution is 2.25. The lowest BCUT2D eigenvalue weighted by Crippen LogP contribution is -2.23. The number of hydrogen-bond acceptors (Lipinski definition) is 5. The molecule has 1 aromatic carbocycles. The summed E-state index contributed by atoms with van der Waals surface area (Å²) >= 11 is 0. The minimum absolute atomic E-state index is 0.0813. The third-order valence-corrected chi connectivity index (χ3v) is 2.75. The lowest BCUT2D eigenvalue weighted by atomic mass is 10.1. The number of hydrogen-bond donors (Lipinski definition) is 1. The predicted octanol–water partition coefficient (Wildman–Crippen LogP) is 1.66. The second-order valence-electron chi connectivity index (χ2n) is 4.32. The third kappa shape index (κ3) is 3.30. The molecule has 0 unspecified atom stereocenters. The van der Waals surface area contributed by atoms with E-state index in [1.165, 1.54) is 12.3 Å². The van der Waals surface area contributed by atoms with Gasteiger partial charge >= 0.3 is 0 Å². The van der Waals surface area contributed by atoms with Crippen LogP contribution < -0.4 is 10.5 Å². The number of nitrogens with two attached hydrogens (primary N) is 1. The van der Waals surface area contributed by atoms with Gasteiger partial charge in [0.05, 0.1) is 0 Å². The van der Waals surface area contributed by atoms with E-state index in [1.54, 1.807) is 31.2 Å². The molecule has 2 aromatic rings. The number of amides is 1. The number of nitrogens with zero attached hydrogens (tertiary/aromatic N) is 1. The first-order valence-corrected chi connectivity index (χ1v) is 6.05. The van der Waals surface area contributed by atoms with Crippen molar-refractivity contribution in [2.45, 2.75) is 6.92 Å². The Morgan fingerprint density at radius 3 is 2.62 bits per heavy atom. The number of ketones is 1. The van der Waals surface area contributed by atoms with Gasteiger partial charge < -0.3 is 10.5 Å². The Morgan fingerprint density at radius 1 is 1.24 bits per heavy atom. The molecule has 0 aliphatic carbocycles. The van der Waals surface area contributed by atoms with E-state index in [4.69, 9.17) is 10.5 Å². The summed E-state index contributed by atoms with van der Waals surface area (Å²) in [5.74, 6) is -1.08.